The average molecular weight is 226 g/mol. The molecule has 1 saturated heterocycles. The van der Waals surface area contributed by atoms with Crippen molar-refractivity contribution in [3.8, 4) is 0 Å². The van der Waals surface area contributed by atoms with Crippen LogP contribution in [-0.4, -0.2) is 48.8 Å². The summed E-state index contributed by atoms with van der Waals surface area (Å²) < 4.78 is 0. The van der Waals surface area contributed by atoms with Crippen LogP contribution in [0.3, 0.4) is 0 Å². The van der Waals surface area contributed by atoms with E-state index in [0.29, 0.717) is 0 Å². The van der Waals surface area contributed by atoms with Gasteiger partial charge in [-0.05, 0) is 64.1 Å². The Morgan fingerprint density at radius 1 is 1.06 bits per heavy atom. The van der Waals surface area contributed by atoms with Gasteiger partial charge in [-0.15, -0.1) is 0 Å². The fraction of sp³-hybridized carbons (Fsp3) is 1.00. The summed E-state index contributed by atoms with van der Waals surface area (Å²) in [4.78, 5) is 2.55. The molecule has 0 aromatic heterocycles. The van der Waals surface area contributed by atoms with Gasteiger partial charge in [0, 0.05) is 13.1 Å². The molecule has 2 fully saturated rings. The Bertz CT molecular complexity index is 184. The van der Waals surface area contributed by atoms with Crippen molar-refractivity contribution in [3.63, 3.8) is 0 Å². The summed E-state index contributed by atoms with van der Waals surface area (Å²) >= 11 is 0. The molecule has 0 aromatic rings. The summed E-state index contributed by atoms with van der Waals surface area (Å²) in [6.07, 6.45) is 7.20. The van der Waals surface area contributed by atoms with E-state index in [-0.39, 0.29) is 6.10 Å². The molecule has 0 unspecified atom stereocenters. The fourth-order valence-corrected chi connectivity index (χ4v) is 2.90. The lowest BCUT2D eigenvalue weighted by molar-refractivity contribution is 0.108. The summed E-state index contributed by atoms with van der Waals surface area (Å²) in [5, 5.41) is 13.0. The van der Waals surface area contributed by atoms with Gasteiger partial charge >= 0.3 is 0 Å². The first-order valence-corrected chi connectivity index (χ1v) is 6.96. The third-order valence-corrected chi connectivity index (χ3v) is 4.05. The zero-order valence-electron chi connectivity index (χ0n) is 10.3. The molecular formula is C13H26N2O. The molecule has 1 heterocycles. The standard InChI is InChI=1S/C13H26N2O/c16-13-5-3-12(4-6-13)11-14-7-10-15-8-1-2-9-15/h12-14,16H,1-11H2. The largest absolute Gasteiger partial charge is 0.393 e. The Hall–Kier alpha value is -0.120. The maximum absolute atomic E-state index is 9.42. The van der Waals surface area contributed by atoms with Crippen LogP contribution in [-0.2, 0) is 0 Å². The Labute approximate surface area is 99.2 Å². The molecule has 1 aliphatic carbocycles. The van der Waals surface area contributed by atoms with Crippen LogP contribution in [0.1, 0.15) is 38.5 Å². The molecule has 1 saturated carbocycles. The number of hydrogen-bond acceptors (Lipinski definition) is 3. The third kappa shape index (κ3) is 4.04. The lowest BCUT2D eigenvalue weighted by atomic mass is 9.87. The van der Waals surface area contributed by atoms with Crippen LogP contribution in [0.25, 0.3) is 0 Å². The van der Waals surface area contributed by atoms with E-state index >= 15 is 0 Å². The van der Waals surface area contributed by atoms with Crippen LogP contribution < -0.4 is 5.32 Å². The molecule has 2 N–H and O–H groups in total. The van der Waals surface area contributed by atoms with Gasteiger partial charge in [-0.25, -0.2) is 0 Å². The van der Waals surface area contributed by atoms with Crippen LogP contribution >= 0.6 is 0 Å². The summed E-state index contributed by atoms with van der Waals surface area (Å²) in [5.41, 5.74) is 0. The van der Waals surface area contributed by atoms with Gasteiger partial charge in [0.2, 0.25) is 0 Å². The van der Waals surface area contributed by atoms with Crippen molar-refractivity contribution in [2.75, 3.05) is 32.7 Å². The molecule has 16 heavy (non-hydrogen) atoms. The van der Waals surface area contributed by atoms with Gasteiger partial charge in [0.1, 0.15) is 0 Å². The van der Waals surface area contributed by atoms with Gasteiger partial charge in [0.05, 0.1) is 6.10 Å². The van der Waals surface area contributed by atoms with E-state index in [0.717, 1.165) is 31.8 Å². The number of hydrogen-bond donors (Lipinski definition) is 2. The average Bonchev–Trinajstić information content (AvgIpc) is 2.80. The Kier molecular flexibility index (Phi) is 5.07. The highest BCUT2D eigenvalue weighted by molar-refractivity contribution is 4.74. The molecule has 3 heteroatoms. The van der Waals surface area contributed by atoms with E-state index < -0.39 is 0 Å². The molecule has 0 amide bonds. The van der Waals surface area contributed by atoms with Crippen LogP contribution in [0.4, 0.5) is 0 Å². The first kappa shape index (κ1) is 12.3. The minimum Gasteiger partial charge on any atom is -0.393 e. The number of aliphatic hydroxyl groups excluding tert-OH is 1. The van der Waals surface area contributed by atoms with Crippen molar-refractivity contribution in [1.82, 2.24) is 10.2 Å². The quantitative estimate of drug-likeness (QED) is 0.692. The Morgan fingerprint density at radius 3 is 2.44 bits per heavy atom. The van der Waals surface area contributed by atoms with Gasteiger partial charge in [0.15, 0.2) is 0 Å². The molecule has 2 aliphatic rings. The van der Waals surface area contributed by atoms with Gasteiger partial charge in [0.25, 0.3) is 0 Å². The summed E-state index contributed by atoms with van der Waals surface area (Å²) in [6, 6.07) is 0. The Balaban J connectivity index is 1.48. The van der Waals surface area contributed by atoms with Crippen LogP contribution in [0, 0.1) is 5.92 Å². The van der Waals surface area contributed by atoms with Crippen LogP contribution in [0.15, 0.2) is 0 Å². The highest BCUT2D eigenvalue weighted by Crippen LogP contribution is 2.23. The summed E-state index contributed by atoms with van der Waals surface area (Å²) in [5.74, 6) is 0.807. The summed E-state index contributed by atoms with van der Waals surface area (Å²) in [6.45, 7) is 6.11. The number of rotatable bonds is 5. The second-order valence-corrected chi connectivity index (χ2v) is 5.43. The van der Waals surface area contributed by atoms with E-state index in [2.05, 4.69) is 10.2 Å². The highest BCUT2D eigenvalue weighted by Gasteiger charge is 2.18. The molecule has 0 atom stereocenters. The number of nitrogens with one attached hydrogen (secondary N) is 1. The molecule has 0 radical (unpaired) electrons. The SMILES string of the molecule is OC1CCC(CNCCN2CCCC2)CC1. The predicted octanol–water partition coefficient (Wildman–Crippen LogP) is 1.22. The van der Waals surface area contributed by atoms with Crippen molar-refractivity contribution in [2.24, 2.45) is 5.92 Å². The topological polar surface area (TPSA) is 35.5 Å². The van der Waals surface area contributed by atoms with Gasteiger partial charge in [-0.2, -0.15) is 0 Å². The third-order valence-electron chi connectivity index (χ3n) is 4.05. The smallest absolute Gasteiger partial charge is 0.0540 e. The zero-order valence-corrected chi connectivity index (χ0v) is 10.3. The second-order valence-electron chi connectivity index (χ2n) is 5.43. The van der Waals surface area contributed by atoms with E-state index in [4.69, 9.17) is 0 Å². The van der Waals surface area contributed by atoms with Gasteiger partial charge in [-0.1, -0.05) is 0 Å². The van der Waals surface area contributed by atoms with Crippen LogP contribution in [0.2, 0.25) is 0 Å². The normalized spacial score (nSPS) is 32.1. The molecule has 1 aliphatic heterocycles. The van der Waals surface area contributed by atoms with Crippen molar-refractivity contribution < 1.29 is 5.11 Å². The minimum atomic E-state index is -0.0131. The predicted molar refractivity (Wildman–Crippen MR) is 66.5 cm³/mol. The highest BCUT2D eigenvalue weighted by atomic mass is 16.3. The second kappa shape index (κ2) is 6.58. The molecule has 0 aromatic carbocycles. The zero-order chi connectivity index (χ0) is 11.2. The summed E-state index contributed by atoms with van der Waals surface area (Å²) in [7, 11) is 0. The van der Waals surface area contributed by atoms with Gasteiger partial charge in [-0.3, -0.25) is 0 Å². The molecular weight excluding hydrogens is 200 g/mol. The van der Waals surface area contributed by atoms with Crippen molar-refractivity contribution in [1.29, 1.82) is 0 Å². The minimum absolute atomic E-state index is 0.0131. The van der Waals surface area contributed by atoms with Crippen molar-refractivity contribution in [2.45, 2.75) is 44.6 Å². The molecule has 0 bridgehead atoms. The maximum Gasteiger partial charge on any atom is 0.0540 e. The number of aliphatic hydroxyl groups is 1. The van der Waals surface area contributed by atoms with E-state index in [9.17, 15) is 5.11 Å². The molecule has 2 rings (SSSR count). The molecule has 0 spiro atoms. The molecule has 94 valence electrons. The lowest BCUT2D eigenvalue weighted by Gasteiger charge is -2.26. The first-order valence-electron chi connectivity index (χ1n) is 6.96. The number of nitrogens with zero attached hydrogens (tertiary/aromatic N) is 1. The molecule has 3 nitrogen and oxygen atoms in total. The monoisotopic (exact) mass is 226 g/mol. The van der Waals surface area contributed by atoms with Crippen LogP contribution in [0.5, 0.6) is 0 Å². The van der Waals surface area contributed by atoms with Gasteiger partial charge < -0.3 is 15.3 Å². The van der Waals surface area contributed by atoms with E-state index in [1.807, 2.05) is 0 Å². The first-order chi connectivity index (χ1) is 7.84. The van der Waals surface area contributed by atoms with Crippen molar-refractivity contribution >= 4 is 0 Å². The number of likely N-dealkylation sites (tertiary alicyclic amines) is 1. The Morgan fingerprint density at radius 2 is 1.75 bits per heavy atom. The maximum atomic E-state index is 9.42. The van der Waals surface area contributed by atoms with E-state index in [1.165, 1.54) is 45.3 Å². The lowest BCUT2D eigenvalue weighted by Crippen LogP contribution is -2.34. The van der Waals surface area contributed by atoms with E-state index in [1.54, 1.807) is 0 Å². The fourth-order valence-electron chi connectivity index (χ4n) is 2.90. The van der Waals surface area contributed by atoms with Crippen molar-refractivity contribution in [3.05, 3.63) is 0 Å².